The van der Waals surface area contributed by atoms with Crippen LogP contribution in [-0.4, -0.2) is 45.3 Å². The molecule has 26 heavy (non-hydrogen) atoms. The summed E-state index contributed by atoms with van der Waals surface area (Å²) in [7, 11) is 5.77. The molecule has 0 spiro atoms. The van der Waals surface area contributed by atoms with Gasteiger partial charge in [0.25, 0.3) is 0 Å². The molecule has 0 radical (unpaired) electrons. The van der Waals surface area contributed by atoms with Crippen LogP contribution in [0.2, 0.25) is 0 Å². The number of carbonyl (C=O) groups excluding carboxylic acids is 1. The number of ether oxygens (including phenoxy) is 4. The van der Waals surface area contributed by atoms with Crippen molar-refractivity contribution in [2.75, 3.05) is 28.4 Å². The minimum Gasteiger partial charge on any atom is -0.493 e. The molecule has 0 heterocycles. The largest absolute Gasteiger partial charge is 0.493 e. The monoisotopic (exact) mass is 360 g/mol. The normalized spacial score (nSPS) is 10.2. The molecule has 7 heteroatoms. The van der Waals surface area contributed by atoms with Gasteiger partial charge < -0.3 is 24.1 Å². The topological polar surface area (TPSA) is 91.3 Å². The van der Waals surface area contributed by atoms with Crippen molar-refractivity contribution >= 4 is 11.8 Å². The van der Waals surface area contributed by atoms with Crippen molar-refractivity contribution in [3.63, 3.8) is 0 Å². The summed E-state index contributed by atoms with van der Waals surface area (Å²) in [5.41, 5.74) is 1.25. The van der Waals surface area contributed by atoms with E-state index in [1.165, 1.54) is 47.5 Å². The van der Waals surface area contributed by atoms with Gasteiger partial charge in [-0.15, -0.1) is 0 Å². The highest BCUT2D eigenvalue weighted by Crippen LogP contribution is 2.46. The fourth-order valence-electron chi connectivity index (χ4n) is 2.66. The zero-order valence-corrected chi connectivity index (χ0v) is 15.2. The third-order valence-electron chi connectivity index (χ3n) is 3.90. The Morgan fingerprint density at radius 3 is 1.50 bits per heavy atom. The van der Waals surface area contributed by atoms with E-state index in [0.29, 0.717) is 33.9 Å². The smallest absolute Gasteiger partial charge is 0.335 e. The molecule has 0 aliphatic heterocycles. The number of ketones is 1. The Kier molecular flexibility index (Phi) is 5.71. The van der Waals surface area contributed by atoms with Gasteiger partial charge in [0.2, 0.25) is 0 Å². The minimum absolute atomic E-state index is 0.00639. The number of Topliss-reactive ketones (excluding diaryl/α,β-unsaturated/α-hetero) is 1. The second-order valence-electron chi connectivity index (χ2n) is 5.38. The van der Waals surface area contributed by atoms with Crippen LogP contribution in [0.3, 0.4) is 0 Å². The van der Waals surface area contributed by atoms with Crippen molar-refractivity contribution in [3.05, 3.63) is 35.4 Å². The van der Waals surface area contributed by atoms with Gasteiger partial charge in [0.1, 0.15) is 0 Å². The Labute approximate surface area is 151 Å². The van der Waals surface area contributed by atoms with Crippen molar-refractivity contribution in [1.82, 2.24) is 0 Å². The Bertz CT molecular complexity index is 784. The number of hydrogen-bond donors (Lipinski definition) is 1. The fraction of sp³-hybridized carbons (Fsp3) is 0.263. The molecule has 138 valence electrons. The first-order valence-corrected chi connectivity index (χ1v) is 7.64. The lowest BCUT2D eigenvalue weighted by molar-refractivity contribution is 0.0696. The minimum atomic E-state index is -1.12. The van der Waals surface area contributed by atoms with Crippen LogP contribution in [0.25, 0.3) is 11.1 Å². The zero-order valence-electron chi connectivity index (χ0n) is 15.2. The lowest BCUT2D eigenvalue weighted by Crippen LogP contribution is -2.03. The molecule has 2 aromatic rings. The Morgan fingerprint density at radius 2 is 1.15 bits per heavy atom. The first kappa shape index (κ1) is 19.1. The van der Waals surface area contributed by atoms with Gasteiger partial charge in [-0.1, -0.05) is 0 Å². The van der Waals surface area contributed by atoms with Crippen molar-refractivity contribution in [1.29, 1.82) is 0 Å². The predicted molar refractivity (Wildman–Crippen MR) is 95.0 cm³/mol. The van der Waals surface area contributed by atoms with Crippen LogP contribution in [0.4, 0.5) is 0 Å². The van der Waals surface area contributed by atoms with Crippen LogP contribution in [0.5, 0.6) is 23.0 Å². The van der Waals surface area contributed by atoms with Crippen LogP contribution in [0.1, 0.15) is 27.6 Å². The number of aromatic carboxylic acids is 1. The van der Waals surface area contributed by atoms with Crippen LogP contribution in [0, 0.1) is 0 Å². The molecule has 0 saturated carbocycles. The second kappa shape index (κ2) is 7.77. The molecule has 0 aromatic heterocycles. The first-order chi connectivity index (χ1) is 12.4. The number of carboxylic acid groups (broad SMARTS) is 1. The van der Waals surface area contributed by atoms with Gasteiger partial charge >= 0.3 is 5.97 Å². The van der Waals surface area contributed by atoms with E-state index in [2.05, 4.69) is 0 Å². The van der Waals surface area contributed by atoms with Gasteiger partial charge in [-0.05, 0) is 31.2 Å². The molecule has 0 amide bonds. The third kappa shape index (κ3) is 3.42. The molecule has 2 rings (SSSR count). The molecule has 2 aromatic carbocycles. The van der Waals surface area contributed by atoms with Crippen LogP contribution in [-0.2, 0) is 0 Å². The van der Waals surface area contributed by atoms with E-state index in [-0.39, 0.29) is 17.1 Å². The molecule has 0 bridgehead atoms. The maximum atomic E-state index is 11.9. The molecule has 0 atom stereocenters. The fourth-order valence-corrected chi connectivity index (χ4v) is 2.66. The van der Waals surface area contributed by atoms with Crippen LogP contribution >= 0.6 is 0 Å². The van der Waals surface area contributed by atoms with Crippen LogP contribution in [0.15, 0.2) is 24.3 Å². The summed E-state index contributed by atoms with van der Waals surface area (Å²) >= 11 is 0. The molecule has 1 N–H and O–H groups in total. The summed E-state index contributed by atoms with van der Waals surface area (Å²) < 4.78 is 21.5. The molecule has 0 aliphatic carbocycles. The summed E-state index contributed by atoms with van der Waals surface area (Å²) in [4.78, 5) is 23.4. The predicted octanol–water partition coefficient (Wildman–Crippen LogP) is 3.29. The van der Waals surface area contributed by atoms with Gasteiger partial charge in [0.15, 0.2) is 28.8 Å². The number of methoxy groups -OCH3 is 4. The van der Waals surface area contributed by atoms with Crippen molar-refractivity contribution in [2.45, 2.75) is 6.92 Å². The lowest BCUT2D eigenvalue weighted by atomic mass is 9.96. The Balaban J connectivity index is 2.93. The number of benzene rings is 2. The standard InChI is InChI=1S/C19H20O7/c1-10(20)11-6-13(17(25-4)15(8-11)23-2)14-7-12(19(21)22)9-16(24-3)18(14)26-5/h6-9H,1-5H3,(H,21,22). The molecule has 7 nitrogen and oxygen atoms in total. The quantitative estimate of drug-likeness (QED) is 0.758. The maximum Gasteiger partial charge on any atom is 0.335 e. The first-order valence-electron chi connectivity index (χ1n) is 7.64. The van der Waals surface area contributed by atoms with Crippen LogP contribution < -0.4 is 18.9 Å². The van der Waals surface area contributed by atoms with Crippen molar-refractivity contribution < 1.29 is 33.6 Å². The molecule has 0 aliphatic rings. The van der Waals surface area contributed by atoms with E-state index in [4.69, 9.17) is 18.9 Å². The highest BCUT2D eigenvalue weighted by Gasteiger charge is 2.23. The van der Waals surface area contributed by atoms with Crippen molar-refractivity contribution in [3.8, 4) is 34.1 Å². The van der Waals surface area contributed by atoms with E-state index < -0.39 is 5.97 Å². The molecular formula is C19H20O7. The second-order valence-corrected chi connectivity index (χ2v) is 5.38. The average molecular weight is 360 g/mol. The zero-order chi connectivity index (χ0) is 19.4. The molecule has 0 saturated heterocycles. The third-order valence-corrected chi connectivity index (χ3v) is 3.90. The highest BCUT2D eigenvalue weighted by atomic mass is 16.5. The molecule has 0 fully saturated rings. The summed E-state index contributed by atoms with van der Waals surface area (Å²) in [6.45, 7) is 1.43. The highest BCUT2D eigenvalue weighted by molar-refractivity contribution is 5.98. The summed E-state index contributed by atoms with van der Waals surface area (Å²) in [5.74, 6) is -0.0408. The maximum absolute atomic E-state index is 11.9. The average Bonchev–Trinajstić information content (AvgIpc) is 2.65. The van der Waals surface area contributed by atoms with E-state index >= 15 is 0 Å². The van der Waals surface area contributed by atoms with Gasteiger partial charge in [-0.2, -0.15) is 0 Å². The molecular weight excluding hydrogens is 340 g/mol. The SMILES string of the molecule is COc1cc(C(C)=O)cc(-c2cc(C(=O)O)cc(OC)c2OC)c1OC. The summed E-state index contributed by atoms with van der Waals surface area (Å²) in [6.07, 6.45) is 0. The number of hydrogen-bond acceptors (Lipinski definition) is 6. The van der Waals surface area contributed by atoms with E-state index in [0.717, 1.165) is 0 Å². The van der Waals surface area contributed by atoms with Crippen molar-refractivity contribution in [2.24, 2.45) is 0 Å². The Hall–Kier alpha value is -3.22. The van der Waals surface area contributed by atoms with Gasteiger partial charge in [-0.3, -0.25) is 4.79 Å². The number of rotatable bonds is 7. The van der Waals surface area contributed by atoms with E-state index in [9.17, 15) is 14.7 Å². The van der Waals surface area contributed by atoms with Gasteiger partial charge in [0, 0.05) is 16.7 Å². The molecule has 0 unspecified atom stereocenters. The van der Waals surface area contributed by atoms with E-state index in [1.54, 1.807) is 12.1 Å². The van der Waals surface area contributed by atoms with Gasteiger partial charge in [-0.25, -0.2) is 4.79 Å². The summed E-state index contributed by atoms with van der Waals surface area (Å²) in [6, 6.07) is 5.97. The van der Waals surface area contributed by atoms with E-state index in [1.807, 2.05) is 0 Å². The Morgan fingerprint density at radius 1 is 0.731 bits per heavy atom. The van der Waals surface area contributed by atoms with Gasteiger partial charge in [0.05, 0.1) is 34.0 Å². The number of carbonyl (C=O) groups is 2. The number of carboxylic acids is 1. The lowest BCUT2D eigenvalue weighted by Gasteiger charge is -2.18. The summed E-state index contributed by atoms with van der Waals surface area (Å²) in [5, 5.41) is 9.40.